The van der Waals surface area contributed by atoms with Crippen LogP contribution in [0.5, 0.6) is 0 Å². The summed E-state index contributed by atoms with van der Waals surface area (Å²) in [6, 6.07) is 12.2. The van der Waals surface area contributed by atoms with Crippen molar-refractivity contribution < 1.29 is 23.5 Å². The third-order valence-electron chi connectivity index (χ3n) is 3.72. The van der Waals surface area contributed by atoms with E-state index < -0.39 is 17.8 Å². The molecule has 2 aromatic rings. The second kappa shape index (κ2) is 7.09. The Kier molecular flexibility index (Phi) is 4.70. The number of rotatable bonds is 5. The molecule has 3 rings (SSSR count). The van der Waals surface area contributed by atoms with Gasteiger partial charge >= 0.3 is 5.97 Å². The van der Waals surface area contributed by atoms with E-state index in [1.807, 2.05) is 0 Å². The van der Waals surface area contributed by atoms with E-state index in [1.54, 1.807) is 24.3 Å². The molecular weight excluding hydrogens is 325 g/mol. The number of hydrogen-bond acceptors (Lipinski definition) is 4. The normalized spacial score (nSPS) is 13.4. The van der Waals surface area contributed by atoms with Crippen molar-refractivity contribution in [2.45, 2.75) is 0 Å². The van der Waals surface area contributed by atoms with Gasteiger partial charge in [0.25, 0.3) is 11.8 Å². The van der Waals surface area contributed by atoms with Crippen LogP contribution in [-0.2, 0) is 9.53 Å². The molecule has 1 aliphatic heterocycles. The van der Waals surface area contributed by atoms with Crippen LogP contribution in [0.1, 0.15) is 26.3 Å². The van der Waals surface area contributed by atoms with Crippen LogP contribution in [0.15, 0.2) is 54.6 Å². The average molecular weight is 339 g/mol. The van der Waals surface area contributed by atoms with Crippen molar-refractivity contribution in [3.05, 3.63) is 77.1 Å². The number of halogens is 1. The van der Waals surface area contributed by atoms with E-state index in [-0.39, 0.29) is 19.0 Å². The predicted molar refractivity (Wildman–Crippen MR) is 88.2 cm³/mol. The minimum atomic E-state index is -0.610. The molecule has 0 N–H and O–H groups in total. The van der Waals surface area contributed by atoms with Crippen LogP contribution in [0, 0.1) is 5.82 Å². The first-order valence-electron chi connectivity index (χ1n) is 7.62. The number of carbonyl (C=O) groups is 3. The van der Waals surface area contributed by atoms with Crippen molar-refractivity contribution in [3.63, 3.8) is 0 Å². The van der Waals surface area contributed by atoms with Gasteiger partial charge in [-0.3, -0.25) is 14.5 Å². The Morgan fingerprint density at radius 2 is 1.60 bits per heavy atom. The Morgan fingerprint density at radius 1 is 1.00 bits per heavy atom. The highest BCUT2D eigenvalue weighted by atomic mass is 19.1. The molecule has 0 spiro atoms. The van der Waals surface area contributed by atoms with Crippen LogP contribution >= 0.6 is 0 Å². The summed E-state index contributed by atoms with van der Waals surface area (Å²) < 4.78 is 17.8. The number of benzene rings is 2. The van der Waals surface area contributed by atoms with Crippen molar-refractivity contribution in [2.75, 3.05) is 13.2 Å². The van der Waals surface area contributed by atoms with Gasteiger partial charge in [0.1, 0.15) is 12.4 Å². The second-order valence-corrected chi connectivity index (χ2v) is 5.36. The van der Waals surface area contributed by atoms with Crippen LogP contribution in [-0.4, -0.2) is 35.8 Å². The maximum atomic E-state index is 12.8. The Bertz CT molecular complexity index is 823. The fraction of sp³-hybridized carbons (Fsp3) is 0.105. The van der Waals surface area contributed by atoms with Gasteiger partial charge in [0, 0.05) is 6.08 Å². The molecule has 1 heterocycles. The van der Waals surface area contributed by atoms with Gasteiger partial charge in [0.15, 0.2) is 0 Å². The lowest BCUT2D eigenvalue weighted by Gasteiger charge is -2.13. The molecule has 0 fully saturated rings. The van der Waals surface area contributed by atoms with Crippen LogP contribution in [0.2, 0.25) is 0 Å². The molecule has 2 aromatic carbocycles. The molecule has 0 bridgehead atoms. The summed E-state index contributed by atoms with van der Waals surface area (Å²) in [5.41, 5.74) is 1.36. The van der Waals surface area contributed by atoms with E-state index in [1.165, 1.54) is 36.4 Å². The maximum absolute atomic E-state index is 12.8. The summed E-state index contributed by atoms with van der Waals surface area (Å²) in [6.07, 6.45) is 2.69. The van der Waals surface area contributed by atoms with E-state index in [4.69, 9.17) is 4.74 Å². The zero-order valence-corrected chi connectivity index (χ0v) is 13.1. The van der Waals surface area contributed by atoms with Crippen LogP contribution in [0.25, 0.3) is 6.08 Å². The lowest BCUT2D eigenvalue weighted by Crippen LogP contribution is -2.33. The molecule has 0 saturated carbocycles. The van der Waals surface area contributed by atoms with E-state index in [0.29, 0.717) is 16.7 Å². The zero-order valence-electron chi connectivity index (χ0n) is 13.1. The fourth-order valence-electron chi connectivity index (χ4n) is 2.47. The number of hydrogen-bond donors (Lipinski definition) is 0. The summed E-state index contributed by atoms with van der Waals surface area (Å²) >= 11 is 0. The highest BCUT2D eigenvalue weighted by Crippen LogP contribution is 2.21. The molecule has 25 heavy (non-hydrogen) atoms. The Morgan fingerprint density at radius 3 is 2.20 bits per heavy atom. The lowest BCUT2D eigenvalue weighted by molar-refractivity contribution is -0.137. The quantitative estimate of drug-likeness (QED) is 0.477. The van der Waals surface area contributed by atoms with Crippen LogP contribution < -0.4 is 0 Å². The largest absolute Gasteiger partial charge is 0.461 e. The van der Waals surface area contributed by atoms with E-state index >= 15 is 0 Å². The van der Waals surface area contributed by atoms with Gasteiger partial charge in [-0.1, -0.05) is 24.3 Å². The van der Waals surface area contributed by atoms with Gasteiger partial charge in [0.2, 0.25) is 0 Å². The SMILES string of the molecule is O=C(/C=C/c1ccc(F)cc1)OCCN1C(=O)c2ccccc2C1=O. The maximum Gasteiger partial charge on any atom is 0.330 e. The first-order valence-corrected chi connectivity index (χ1v) is 7.62. The number of nitrogens with zero attached hydrogens (tertiary/aromatic N) is 1. The minimum absolute atomic E-state index is 0.0114. The summed E-state index contributed by atoms with van der Waals surface area (Å²) in [5.74, 6) is -1.75. The molecule has 0 aromatic heterocycles. The third-order valence-corrected chi connectivity index (χ3v) is 3.72. The van der Waals surface area contributed by atoms with Crippen molar-refractivity contribution in [3.8, 4) is 0 Å². The van der Waals surface area contributed by atoms with Crippen molar-refractivity contribution in [1.29, 1.82) is 0 Å². The highest BCUT2D eigenvalue weighted by Gasteiger charge is 2.34. The molecule has 0 saturated heterocycles. The van der Waals surface area contributed by atoms with Crippen molar-refractivity contribution in [1.82, 2.24) is 4.90 Å². The van der Waals surface area contributed by atoms with Gasteiger partial charge in [-0.05, 0) is 35.9 Å². The molecule has 1 aliphatic rings. The topological polar surface area (TPSA) is 63.7 Å². The van der Waals surface area contributed by atoms with Gasteiger partial charge < -0.3 is 4.74 Å². The molecule has 6 heteroatoms. The molecule has 0 atom stereocenters. The first kappa shape index (κ1) is 16.6. The summed E-state index contributed by atoms with van der Waals surface area (Å²) in [5, 5.41) is 0. The zero-order chi connectivity index (χ0) is 17.8. The molecular formula is C19H14FNO4. The second-order valence-electron chi connectivity index (χ2n) is 5.36. The number of fused-ring (bicyclic) bond motifs is 1. The fourth-order valence-corrected chi connectivity index (χ4v) is 2.47. The molecule has 0 radical (unpaired) electrons. The third kappa shape index (κ3) is 3.63. The van der Waals surface area contributed by atoms with Gasteiger partial charge in [-0.2, -0.15) is 0 Å². The Hall–Kier alpha value is -3.28. The molecule has 0 unspecified atom stereocenters. The van der Waals surface area contributed by atoms with E-state index in [2.05, 4.69) is 0 Å². The van der Waals surface area contributed by atoms with Gasteiger partial charge in [-0.15, -0.1) is 0 Å². The van der Waals surface area contributed by atoms with Gasteiger partial charge in [0.05, 0.1) is 17.7 Å². The van der Waals surface area contributed by atoms with Crippen molar-refractivity contribution >= 4 is 23.9 Å². The van der Waals surface area contributed by atoms with Gasteiger partial charge in [-0.25, -0.2) is 9.18 Å². The standard InChI is InChI=1S/C19H14FNO4/c20-14-8-5-13(6-9-14)7-10-17(22)25-12-11-21-18(23)15-3-1-2-4-16(15)19(21)24/h1-10H,11-12H2/b10-7+. The number of carbonyl (C=O) groups excluding carboxylic acids is 3. The molecule has 0 aliphatic carbocycles. The van der Waals surface area contributed by atoms with Crippen LogP contribution in [0.4, 0.5) is 4.39 Å². The monoisotopic (exact) mass is 339 g/mol. The molecule has 2 amide bonds. The smallest absolute Gasteiger partial charge is 0.330 e. The van der Waals surface area contributed by atoms with Crippen molar-refractivity contribution in [2.24, 2.45) is 0 Å². The minimum Gasteiger partial charge on any atom is -0.461 e. The predicted octanol–water partition coefficient (Wildman–Crippen LogP) is 2.68. The van der Waals surface area contributed by atoms with Crippen LogP contribution in [0.3, 0.4) is 0 Å². The highest BCUT2D eigenvalue weighted by molar-refractivity contribution is 6.21. The number of imide groups is 1. The number of amides is 2. The van der Waals surface area contributed by atoms with E-state index in [9.17, 15) is 18.8 Å². The molecule has 5 nitrogen and oxygen atoms in total. The van der Waals surface area contributed by atoms with E-state index in [0.717, 1.165) is 4.90 Å². The number of esters is 1. The average Bonchev–Trinajstić information content (AvgIpc) is 2.86. The Balaban J connectivity index is 1.52. The summed E-state index contributed by atoms with van der Waals surface area (Å²) in [7, 11) is 0. The summed E-state index contributed by atoms with van der Waals surface area (Å²) in [4.78, 5) is 37.0. The Labute approximate surface area is 143 Å². The molecule has 126 valence electrons. The first-order chi connectivity index (χ1) is 12.1. The lowest BCUT2D eigenvalue weighted by atomic mass is 10.1. The summed E-state index contributed by atoms with van der Waals surface area (Å²) in [6.45, 7) is -0.111. The number of ether oxygens (including phenoxy) is 1.